The lowest BCUT2D eigenvalue weighted by atomic mass is 10.2. The van der Waals surface area contributed by atoms with Crippen molar-refractivity contribution in [1.82, 2.24) is 10.2 Å². The van der Waals surface area contributed by atoms with Crippen LogP contribution in [0.4, 0.5) is 5.13 Å². The zero-order valence-corrected chi connectivity index (χ0v) is 11.2. The summed E-state index contributed by atoms with van der Waals surface area (Å²) in [4.78, 5) is 12.0. The van der Waals surface area contributed by atoms with Gasteiger partial charge in [-0.2, -0.15) is 0 Å². The van der Waals surface area contributed by atoms with Crippen LogP contribution in [0.5, 0.6) is 0 Å². The van der Waals surface area contributed by atoms with Gasteiger partial charge < -0.3 is 5.32 Å². The Labute approximate surface area is 115 Å². The summed E-state index contributed by atoms with van der Waals surface area (Å²) in [5, 5.41) is 14.5. The van der Waals surface area contributed by atoms with Crippen LogP contribution in [0.1, 0.15) is 12.8 Å². The Morgan fingerprint density at radius 1 is 1.32 bits per heavy atom. The summed E-state index contributed by atoms with van der Waals surface area (Å²) < 4.78 is 0. The highest BCUT2D eigenvalue weighted by Crippen LogP contribution is 2.25. The van der Waals surface area contributed by atoms with E-state index < -0.39 is 0 Å². The Balaban J connectivity index is 1.70. The van der Waals surface area contributed by atoms with Crippen molar-refractivity contribution in [3.8, 4) is 10.6 Å². The molecule has 5 nitrogen and oxygen atoms in total. The molecule has 1 atom stereocenters. The number of carbonyl (C=O) groups is 1. The summed E-state index contributed by atoms with van der Waals surface area (Å²) in [5.41, 5.74) is 1.02. The number of benzene rings is 1. The average Bonchev–Trinajstić information content (AvgIpc) is 3.11. The SMILES string of the molecule is O=C(Nc1nnc(-c2ccccc2)s1)[C@H]1CCC[NH2+]1. The van der Waals surface area contributed by atoms with Gasteiger partial charge in [-0.3, -0.25) is 10.1 Å². The van der Waals surface area contributed by atoms with Crippen LogP contribution < -0.4 is 10.6 Å². The Morgan fingerprint density at radius 2 is 2.16 bits per heavy atom. The van der Waals surface area contributed by atoms with Gasteiger partial charge in [-0.1, -0.05) is 41.7 Å². The van der Waals surface area contributed by atoms with Crippen LogP contribution in [0.15, 0.2) is 30.3 Å². The number of hydrogen-bond donors (Lipinski definition) is 2. The van der Waals surface area contributed by atoms with E-state index in [0.717, 1.165) is 30.0 Å². The van der Waals surface area contributed by atoms with Crippen LogP contribution in [-0.2, 0) is 4.79 Å². The number of aromatic nitrogens is 2. The summed E-state index contributed by atoms with van der Waals surface area (Å²) in [7, 11) is 0. The van der Waals surface area contributed by atoms with E-state index in [-0.39, 0.29) is 11.9 Å². The first-order valence-corrected chi connectivity index (χ1v) is 7.18. The highest BCUT2D eigenvalue weighted by Gasteiger charge is 2.26. The molecule has 6 heteroatoms. The molecular weight excluding hydrogens is 260 g/mol. The van der Waals surface area contributed by atoms with Crippen LogP contribution in [0.25, 0.3) is 10.6 Å². The van der Waals surface area contributed by atoms with Gasteiger partial charge in [0.15, 0.2) is 6.04 Å². The van der Waals surface area contributed by atoms with Crippen molar-refractivity contribution in [1.29, 1.82) is 0 Å². The Kier molecular flexibility index (Phi) is 3.52. The molecule has 1 aliphatic rings. The molecule has 19 heavy (non-hydrogen) atoms. The fraction of sp³-hybridized carbons (Fsp3) is 0.308. The maximum absolute atomic E-state index is 12.0. The molecule has 0 bridgehead atoms. The number of anilines is 1. The van der Waals surface area contributed by atoms with E-state index in [1.807, 2.05) is 30.3 Å². The molecule has 1 aromatic carbocycles. The van der Waals surface area contributed by atoms with Gasteiger partial charge in [0.25, 0.3) is 5.91 Å². The largest absolute Gasteiger partial charge is 0.336 e. The standard InChI is InChI=1S/C13H14N4OS/c18-11(10-7-4-8-14-10)15-13-17-16-12(19-13)9-5-2-1-3-6-9/h1-3,5-6,10,14H,4,7-8H2,(H,15,17,18)/p+1/t10-/m1/s1. The number of rotatable bonds is 3. The second-order valence-corrected chi connectivity index (χ2v) is 5.52. The fourth-order valence-electron chi connectivity index (χ4n) is 2.18. The second kappa shape index (κ2) is 5.46. The molecule has 0 unspecified atom stereocenters. The lowest BCUT2D eigenvalue weighted by Crippen LogP contribution is -2.88. The number of hydrogen-bond acceptors (Lipinski definition) is 4. The molecule has 2 heterocycles. The molecule has 0 saturated carbocycles. The van der Waals surface area contributed by atoms with E-state index in [2.05, 4.69) is 20.8 Å². The van der Waals surface area contributed by atoms with E-state index in [1.54, 1.807) is 0 Å². The van der Waals surface area contributed by atoms with Gasteiger partial charge in [-0.05, 0) is 0 Å². The van der Waals surface area contributed by atoms with Crippen LogP contribution in [0, 0.1) is 0 Å². The summed E-state index contributed by atoms with van der Waals surface area (Å²) >= 11 is 1.41. The number of nitrogens with zero attached hydrogens (tertiary/aromatic N) is 2. The van der Waals surface area contributed by atoms with Crippen molar-refractivity contribution in [3.63, 3.8) is 0 Å². The van der Waals surface area contributed by atoms with E-state index in [9.17, 15) is 4.79 Å². The lowest BCUT2D eigenvalue weighted by Gasteiger charge is -2.04. The maximum atomic E-state index is 12.0. The zero-order chi connectivity index (χ0) is 13.1. The molecule has 98 valence electrons. The Bertz CT molecular complexity index is 563. The first-order valence-electron chi connectivity index (χ1n) is 6.36. The Hall–Kier alpha value is -1.79. The van der Waals surface area contributed by atoms with E-state index in [1.165, 1.54) is 11.3 Å². The molecule has 1 fully saturated rings. The predicted octanol–water partition coefficient (Wildman–Crippen LogP) is 0.869. The molecule has 1 saturated heterocycles. The number of amides is 1. The summed E-state index contributed by atoms with van der Waals surface area (Å²) in [6.45, 7) is 1.03. The number of nitrogens with two attached hydrogens (primary N) is 1. The van der Waals surface area contributed by atoms with Gasteiger partial charge in [0.1, 0.15) is 5.01 Å². The highest BCUT2D eigenvalue weighted by atomic mass is 32.1. The molecule has 3 rings (SSSR count). The third-order valence-electron chi connectivity index (χ3n) is 3.18. The molecule has 0 spiro atoms. The van der Waals surface area contributed by atoms with Gasteiger partial charge in [-0.25, -0.2) is 0 Å². The average molecular weight is 275 g/mol. The molecule has 3 N–H and O–H groups in total. The number of nitrogens with one attached hydrogen (secondary N) is 1. The van der Waals surface area contributed by atoms with Crippen molar-refractivity contribution in [2.75, 3.05) is 11.9 Å². The van der Waals surface area contributed by atoms with Gasteiger partial charge in [0.05, 0.1) is 6.54 Å². The van der Waals surface area contributed by atoms with E-state index in [0.29, 0.717) is 5.13 Å². The van der Waals surface area contributed by atoms with Crippen molar-refractivity contribution in [3.05, 3.63) is 30.3 Å². The minimum Gasteiger partial charge on any atom is -0.336 e. The molecule has 1 amide bonds. The number of carbonyl (C=O) groups excluding carboxylic acids is 1. The van der Waals surface area contributed by atoms with E-state index in [4.69, 9.17) is 0 Å². The maximum Gasteiger partial charge on any atom is 0.284 e. The quantitative estimate of drug-likeness (QED) is 0.873. The smallest absolute Gasteiger partial charge is 0.284 e. The molecule has 1 aromatic heterocycles. The molecule has 0 radical (unpaired) electrons. The molecule has 1 aliphatic heterocycles. The molecule has 0 aliphatic carbocycles. The van der Waals surface area contributed by atoms with Crippen molar-refractivity contribution in [2.45, 2.75) is 18.9 Å². The van der Waals surface area contributed by atoms with Gasteiger partial charge in [0.2, 0.25) is 5.13 Å². The fourth-order valence-corrected chi connectivity index (χ4v) is 2.93. The normalized spacial score (nSPS) is 18.4. The summed E-state index contributed by atoms with van der Waals surface area (Å²) in [6, 6.07) is 9.88. The van der Waals surface area contributed by atoms with Gasteiger partial charge in [0, 0.05) is 18.4 Å². The zero-order valence-electron chi connectivity index (χ0n) is 10.4. The predicted molar refractivity (Wildman–Crippen MR) is 73.8 cm³/mol. The van der Waals surface area contributed by atoms with Crippen LogP contribution >= 0.6 is 11.3 Å². The highest BCUT2D eigenvalue weighted by molar-refractivity contribution is 7.18. The molecule has 2 aromatic rings. The third kappa shape index (κ3) is 2.80. The van der Waals surface area contributed by atoms with E-state index >= 15 is 0 Å². The monoisotopic (exact) mass is 275 g/mol. The van der Waals surface area contributed by atoms with Gasteiger partial charge >= 0.3 is 0 Å². The lowest BCUT2D eigenvalue weighted by molar-refractivity contribution is -0.656. The van der Waals surface area contributed by atoms with Crippen LogP contribution in [0.3, 0.4) is 0 Å². The van der Waals surface area contributed by atoms with Crippen LogP contribution in [-0.4, -0.2) is 28.7 Å². The van der Waals surface area contributed by atoms with Gasteiger partial charge in [-0.15, -0.1) is 10.2 Å². The minimum atomic E-state index is 0.0316. The van der Waals surface area contributed by atoms with Crippen molar-refractivity contribution in [2.24, 2.45) is 0 Å². The van der Waals surface area contributed by atoms with Crippen LogP contribution in [0.2, 0.25) is 0 Å². The Morgan fingerprint density at radius 3 is 2.89 bits per heavy atom. The summed E-state index contributed by atoms with van der Waals surface area (Å²) in [5.74, 6) is 0.0354. The third-order valence-corrected chi connectivity index (χ3v) is 4.07. The molecular formula is C13H15N4OS+. The minimum absolute atomic E-state index is 0.0316. The first-order chi connectivity index (χ1) is 9.33. The number of quaternary nitrogens is 1. The topological polar surface area (TPSA) is 71.5 Å². The second-order valence-electron chi connectivity index (χ2n) is 4.54. The van der Waals surface area contributed by atoms with Crippen molar-refractivity contribution < 1.29 is 10.1 Å². The first kappa shape index (κ1) is 12.3. The summed E-state index contributed by atoms with van der Waals surface area (Å²) in [6.07, 6.45) is 2.04. The van der Waals surface area contributed by atoms with Crippen molar-refractivity contribution >= 4 is 22.4 Å².